The molecule has 0 aliphatic carbocycles. The molecule has 1 N–H and O–H groups in total. The van der Waals surface area contributed by atoms with Crippen LogP contribution in [0.15, 0.2) is 89.8 Å². The monoisotopic (exact) mass is 539 g/mol. The molecule has 0 aromatic heterocycles. The number of sulfonamides is 1. The van der Waals surface area contributed by atoms with Crippen LogP contribution in [0.3, 0.4) is 0 Å². The Morgan fingerprint density at radius 2 is 1.53 bits per heavy atom. The molecular formula is C29H34FN3O4S. The van der Waals surface area contributed by atoms with Crippen LogP contribution >= 0.6 is 0 Å². The maximum absolute atomic E-state index is 13.7. The molecule has 0 spiro atoms. The number of halogens is 1. The molecule has 7 nitrogen and oxygen atoms in total. The van der Waals surface area contributed by atoms with Gasteiger partial charge in [0.25, 0.3) is 10.0 Å². The van der Waals surface area contributed by atoms with E-state index in [-0.39, 0.29) is 23.0 Å². The Morgan fingerprint density at radius 3 is 2.13 bits per heavy atom. The van der Waals surface area contributed by atoms with Gasteiger partial charge in [-0.2, -0.15) is 0 Å². The molecule has 38 heavy (non-hydrogen) atoms. The molecule has 3 aromatic carbocycles. The van der Waals surface area contributed by atoms with Crippen LogP contribution in [0, 0.1) is 5.82 Å². The molecule has 3 rings (SSSR count). The number of anilines is 1. The molecule has 3 aromatic rings. The van der Waals surface area contributed by atoms with E-state index >= 15 is 0 Å². The quantitative estimate of drug-likeness (QED) is 0.326. The first-order valence-corrected chi connectivity index (χ1v) is 14.1. The average molecular weight is 540 g/mol. The van der Waals surface area contributed by atoms with Gasteiger partial charge in [-0.3, -0.25) is 13.9 Å². The fourth-order valence-electron chi connectivity index (χ4n) is 3.96. The first-order chi connectivity index (χ1) is 18.2. The summed E-state index contributed by atoms with van der Waals surface area (Å²) in [6.07, 6.45) is 2.22. The predicted molar refractivity (Wildman–Crippen MR) is 147 cm³/mol. The summed E-state index contributed by atoms with van der Waals surface area (Å²) in [5.41, 5.74) is 1.27. The second kappa shape index (κ2) is 13.7. The highest BCUT2D eigenvalue weighted by Crippen LogP contribution is 2.24. The van der Waals surface area contributed by atoms with E-state index in [1.54, 1.807) is 37.3 Å². The highest BCUT2D eigenvalue weighted by Gasteiger charge is 2.32. The minimum absolute atomic E-state index is 0.142. The van der Waals surface area contributed by atoms with Gasteiger partial charge in [0, 0.05) is 13.1 Å². The number of carbonyl (C=O) groups excluding carboxylic acids is 2. The molecule has 0 saturated heterocycles. The lowest BCUT2D eigenvalue weighted by Gasteiger charge is -2.32. The first kappa shape index (κ1) is 28.8. The standard InChI is InChI=1S/C29H34FN3O4S/c1-3-4-20-31-29(35)23(2)32(21-19-24-11-7-5-8-12-24)28(34)22-33(26-13-9-6-10-14-26)38(36,37)27-17-15-25(30)16-18-27/h5-18,23H,3-4,19-22H2,1-2H3,(H,31,35)/t23-/m0/s1. The Morgan fingerprint density at radius 1 is 0.921 bits per heavy atom. The van der Waals surface area contributed by atoms with Gasteiger partial charge in [-0.05, 0) is 61.7 Å². The van der Waals surface area contributed by atoms with E-state index in [0.717, 1.165) is 34.8 Å². The first-order valence-electron chi connectivity index (χ1n) is 12.7. The minimum Gasteiger partial charge on any atom is -0.354 e. The molecule has 0 unspecified atom stereocenters. The third kappa shape index (κ3) is 7.64. The number of rotatable bonds is 13. The van der Waals surface area contributed by atoms with Crippen molar-refractivity contribution in [3.05, 3.63) is 96.3 Å². The normalized spacial score (nSPS) is 12.0. The van der Waals surface area contributed by atoms with Crippen molar-refractivity contribution in [1.29, 1.82) is 0 Å². The predicted octanol–water partition coefficient (Wildman–Crippen LogP) is 4.40. The second-order valence-electron chi connectivity index (χ2n) is 8.94. The van der Waals surface area contributed by atoms with Gasteiger partial charge in [0.1, 0.15) is 18.4 Å². The number of amides is 2. The summed E-state index contributed by atoms with van der Waals surface area (Å²) in [6.45, 7) is 3.86. The minimum atomic E-state index is -4.21. The van der Waals surface area contributed by atoms with Gasteiger partial charge in [-0.25, -0.2) is 12.8 Å². The van der Waals surface area contributed by atoms with Crippen LogP contribution < -0.4 is 9.62 Å². The Labute approximate surface area is 224 Å². The zero-order valence-corrected chi connectivity index (χ0v) is 22.5. The SMILES string of the molecule is CCCCNC(=O)[C@H](C)N(CCc1ccccc1)C(=O)CN(c1ccccc1)S(=O)(=O)c1ccc(F)cc1. The number of hydrogen-bond donors (Lipinski definition) is 1. The van der Waals surface area contributed by atoms with Crippen LogP contribution in [0.25, 0.3) is 0 Å². The van der Waals surface area contributed by atoms with E-state index in [0.29, 0.717) is 13.0 Å². The summed E-state index contributed by atoms with van der Waals surface area (Å²) < 4.78 is 41.7. The number of nitrogens with zero attached hydrogens (tertiary/aromatic N) is 2. The lowest BCUT2D eigenvalue weighted by atomic mass is 10.1. The summed E-state index contributed by atoms with van der Waals surface area (Å²) in [6, 6.07) is 21.5. The Kier molecular flexibility index (Phi) is 10.4. The fraction of sp³-hybridized carbons (Fsp3) is 0.310. The summed E-state index contributed by atoms with van der Waals surface area (Å²) >= 11 is 0. The van der Waals surface area contributed by atoms with Crippen molar-refractivity contribution in [2.75, 3.05) is 23.9 Å². The number of hydrogen-bond acceptors (Lipinski definition) is 4. The maximum Gasteiger partial charge on any atom is 0.264 e. The van der Waals surface area contributed by atoms with Crippen LogP contribution in [-0.2, 0) is 26.0 Å². The van der Waals surface area contributed by atoms with Gasteiger partial charge in [-0.1, -0.05) is 61.9 Å². The van der Waals surface area contributed by atoms with E-state index in [4.69, 9.17) is 0 Å². The largest absolute Gasteiger partial charge is 0.354 e. The van der Waals surface area contributed by atoms with Gasteiger partial charge in [0.15, 0.2) is 0 Å². The highest BCUT2D eigenvalue weighted by atomic mass is 32.2. The van der Waals surface area contributed by atoms with Crippen molar-refractivity contribution in [2.45, 2.75) is 44.0 Å². The Hall–Kier alpha value is -3.72. The van der Waals surface area contributed by atoms with Crippen molar-refractivity contribution < 1.29 is 22.4 Å². The smallest absolute Gasteiger partial charge is 0.264 e. The molecule has 0 heterocycles. The summed E-state index contributed by atoms with van der Waals surface area (Å²) in [7, 11) is -4.21. The fourth-order valence-corrected chi connectivity index (χ4v) is 5.38. The van der Waals surface area contributed by atoms with Crippen LogP contribution in [0.4, 0.5) is 10.1 Å². The average Bonchev–Trinajstić information content (AvgIpc) is 2.93. The Bertz CT molecular complexity index is 1290. The number of benzene rings is 3. The summed E-state index contributed by atoms with van der Waals surface area (Å²) in [5.74, 6) is -1.39. The van der Waals surface area contributed by atoms with Gasteiger partial charge >= 0.3 is 0 Å². The number of nitrogens with one attached hydrogen (secondary N) is 1. The van der Waals surface area contributed by atoms with E-state index in [1.807, 2.05) is 37.3 Å². The molecule has 9 heteroatoms. The number of para-hydroxylation sites is 1. The van der Waals surface area contributed by atoms with E-state index in [2.05, 4.69) is 5.32 Å². The van der Waals surface area contributed by atoms with Crippen LogP contribution in [0.2, 0.25) is 0 Å². The van der Waals surface area contributed by atoms with Crippen LogP contribution in [-0.4, -0.2) is 50.8 Å². The van der Waals surface area contributed by atoms with Crippen LogP contribution in [0.1, 0.15) is 32.3 Å². The van der Waals surface area contributed by atoms with Crippen molar-refractivity contribution in [3.8, 4) is 0 Å². The summed E-state index contributed by atoms with van der Waals surface area (Å²) in [5, 5.41) is 2.86. The molecule has 2 amide bonds. The van der Waals surface area contributed by atoms with E-state index in [9.17, 15) is 22.4 Å². The topological polar surface area (TPSA) is 86.8 Å². The third-order valence-electron chi connectivity index (χ3n) is 6.21. The maximum atomic E-state index is 13.7. The molecule has 1 atom stereocenters. The molecule has 0 saturated carbocycles. The zero-order chi connectivity index (χ0) is 27.5. The van der Waals surface area contributed by atoms with Crippen LogP contribution in [0.5, 0.6) is 0 Å². The second-order valence-corrected chi connectivity index (χ2v) is 10.8. The van der Waals surface area contributed by atoms with Gasteiger partial charge in [-0.15, -0.1) is 0 Å². The number of unbranched alkanes of at least 4 members (excludes halogenated alkanes) is 1. The van der Waals surface area contributed by atoms with Crippen molar-refractivity contribution in [2.24, 2.45) is 0 Å². The number of carbonyl (C=O) groups is 2. The van der Waals surface area contributed by atoms with Gasteiger partial charge in [0.2, 0.25) is 11.8 Å². The van der Waals surface area contributed by atoms with Crippen molar-refractivity contribution >= 4 is 27.5 Å². The molecule has 0 aliphatic rings. The van der Waals surface area contributed by atoms with Gasteiger partial charge in [0.05, 0.1) is 10.6 Å². The van der Waals surface area contributed by atoms with E-state index < -0.39 is 34.3 Å². The van der Waals surface area contributed by atoms with Crippen molar-refractivity contribution in [1.82, 2.24) is 10.2 Å². The molecular weight excluding hydrogens is 505 g/mol. The Balaban J connectivity index is 1.91. The zero-order valence-electron chi connectivity index (χ0n) is 21.7. The third-order valence-corrected chi connectivity index (χ3v) is 7.99. The lowest BCUT2D eigenvalue weighted by Crippen LogP contribution is -2.52. The molecule has 0 bridgehead atoms. The van der Waals surface area contributed by atoms with Gasteiger partial charge < -0.3 is 10.2 Å². The molecule has 0 radical (unpaired) electrons. The molecule has 202 valence electrons. The lowest BCUT2D eigenvalue weighted by molar-refractivity contribution is -0.138. The van der Waals surface area contributed by atoms with E-state index in [1.165, 1.54) is 17.0 Å². The van der Waals surface area contributed by atoms with Crippen molar-refractivity contribution in [3.63, 3.8) is 0 Å². The molecule has 0 fully saturated rings. The summed E-state index contributed by atoms with van der Waals surface area (Å²) in [4.78, 5) is 27.9. The highest BCUT2D eigenvalue weighted by molar-refractivity contribution is 7.92. The molecule has 0 aliphatic heterocycles.